The van der Waals surface area contributed by atoms with Gasteiger partial charge >= 0.3 is 185 Å². The number of nitrogens with one attached hydrogen (secondary N) is 3. The third-order valence-electron chi connectivity index (χ3n) is 4.58. The van der Waals surface area contributed by atoms with Gasteiger partial charge in [0.15, 0.2) is 0 Å². The number of allylic oxidation sites excluding steroid dienone is 4. The monoisotopic (exact) mass is 609 g/mol. The van der Waals surface area contributed by atoms with Gasteiger partial charge in [-0.15, -0.1) is 0 Å². The molecule has 0 heterocycles. The van der Waals surface area contributed by atoms with E-state index in [1.807, 2.05) is 0 Å². The Morgan fingerprint density at radius 1 is 0.710 bits per heavy atom. The summed E-state index contributed by atoms with van der Waals surface area (Å²) >= 11 is -13.6. The van der Waals surface area contributed by atoms with Crippen LogP contribution in [0.3, 0.4) is 0 Å². The quantitative estimate of drug-likeness (QED) is 0.256. The van der Waals surface area contributed by atoms with E-state index in [4.69, 9.17) is 0 Å². The van der Waals surface area contributed by atoms with Crippen LogP contribution in [0.1, 0.15) is 48.0 Å². The molecule has 31 heavy (non-hydrogen) atoms. The molecule has 0 atom stereocenters. The van der Waals surface area contributed by atoms with Crippen molar-refractivity contribution in [3.63, 3.8) is 0 Å². The number of alkyl halides is 9. The summed E-state index contributed by atoms with van der Waals surface area (Å²) in [6.07, 6.45) is 0.993. The molecule has 0 unspecified atom stereocenters. The first-order valence-electron chi connectivity index (χ1n) is 9.66. The van der Waals surface area contributed by atoms with E-state index in [-0.39, 0.29) is 0 Å². The van der Waals surface area contributed by atoms with Gasteiger partial charge in [0.25, 0.3) is 0 Å². The summed E-state index contributed by atoms with van der Waals surface area (Å²) in [7, 11) is 0. The first-order valence-corrected chi connectivity index (χ1v) is 18.8. The Hall–Kier alpha value is 0.156. The van der Waals surface area contributed by atoms with E-state index < -0.39 is 81.7 Å². The van der Waals surface area contributed by atoms with Crippen molar-refractivity contribution in [1.82, 2.24) is 9.78 Å². The van der Waals surface area contributed by atoms with E-state index in [1.54, 1.807) is 41.5 Å². The molecule has 0 aromatic carbocycles. The molecule has 0 saturated heterocycles. The van der Waals surface area contributed by atoms with Gasteiger partial charge in [-0.25, -0.2) is 0 Å². The van der Waals surface area contributed by atoms with Gasteiger partial charge < -0.3 is 0 Å². The Balaban J connectivity index is 4.12. The molecule has 0 aromatic heterocycles. The van der Waals surface area contributed by atoms with Gasteiger partial charge in [-0.2, -0.15) is 0 Å². The first-order chi connectivity index (χ1) is 13.7. The zero-order valence-corrected chi connectivity index (χ0v) is 22.6. The molecule has 0 aliphatic heterocycles. The second-order valence-electron chi connectivity index (χ2n) is 8.39. The number of hydrogen-bond acceptors (Lipinski definition) is 3. The van der Waals surface area contributed by atoms with Crippen LogP contribution in [-0.4, -0.2) is 46.4 Å². The molecule has 0 amide bonds. The van der Waals surface area contributed by atoms with Crippen LogP contribution in [0.15, 0.2) is 19.8 Å². The van der Waals surface area contributed by atoms with Crippen molar-refractivity contribution in [2.24, 2.45) is 0 Å². The minimum absolute atomic E-state index is 0.396. The molecule has 0 saturated carbocycles. The molecular weight excluding hydrogens is 581 g/mol. The van der Waals surface area contributed by atoms with Crippen LogP contribution in [0.5, 0.6) is 0 Å². The number of halogens is 9. The Labute approximate surface area is 184 Å². The molecule has 0 aromatic rings. The van der Waals surface area contributed by atoms with Gasteiger partial charge in [-0.1, -0.05) is 0 Å². The maximum atomic E-state index is 13.9. The fourth-order valence-corrected chi connectivity index (χ4v) is 25.0. The van der Waals surface area contributed by atoms with Crippen molar-refractivity contribution in [2.75, 3.05) is 0 Å². The van der Waals surface area contributed by atoms with Crippen molar-refractivity contribution in [3.8, 4) is 0 Å². The summed E-state index contributed by atoms with van der Waals surface area (Å²) in [6, 6.07) is -1.19. The number of hydrogen-bond donors (Lipinski definition) is 3. The van der Waals surface area contributed by atoms with Gasteiger partial charge in [-0.3, -0.25) is 0 Å². The molecular formula is C17H28F9GeN3Zr. The molecule has 182 valence electrons. The summed E-state index contributed by atoms with van der Waals surface area (Å²) in [5.41, 5.74) is 0. The second kappa shape index (κ2) is 9.80. The van der Waals surface area contributed by atoms with Crippen LogP contribution in [0.25, 0.3) is 0 Å². The van der Waals surface area contributed by atoms with Crippen molar-refractivity contribution >= 4 is 13.3 Å². The average molecular weight is 609 g/mol. The maximum absolute atomic E-state index is 13.9. The third kappa shape index (κ3) is 5.81. The van der Waals surface area contributed by atoms with Gasteiger partial charge in [0.05, 0.1) is 0 Å². The molecule has 0 fully saturated rings. The molecule has 1 aliphatic carbocycles. The number of rotatable bonds is 8. The predicted molar refractivity (Wildman–Crippen MR) is 99.5 cm³/mol. The van der Waals surface area contributed by atoms with Gasteiger partial charge in [0.1, 0.15) is 0 Å². The zero-order valence-electron chi connectivity index (χ0n) is 18.0. The SMILES string of the molecule is CC(C)[NH][Zr]([NH]C(C)C)([NH]C(C)C)[C]1=[C]([Ge]([C](F)(F)F)([C](F)(F)F)[C](F)(F)F)C=CC1. The van der Waals surface area contributed by atoms with Gasteiger partial charge in [0.2, 0.25) is 0 Å². The summed E-state index contributed by atoms with van der Waals surface area (Å²) in [5.74, 6) is 0. The van der Waals surface area contributed by atoms with E-state index in [9.17, 15) is 39.5 Å². The molecule has 0 spiro atoms. The van der Waals surface area contributed by atoms with Crippen molar-refractivity contribution in [3.05, 3.63) is 19.8 Å². The van der Waals surface area contributed by atoms with Crippen LogP contribution < -0.4 is 9.78 Å². The van der Waals surface area contributed by atoms with E-state index in [2.05, 4.69) is 9.78 Å². The molecule has 1 aliphatic rings. The molecule has 0 radical (unpaired) electrons. The van der Waals surface area contributed by atoms with Crippen LogP contribution in [0, 0.1) is 0 Å². The van der Waals surface area contributed by atoms with Crippen LogP contribution >= 0.6 is 0 Å². The first kappa shape index (κ1) is 29.2. The predicted octanol–water partition coefficient (Wildman–Crippen LogP) is 5.39. The van der Waals surface area contributed by atoms with Gasteiger partial charge in [-0.05, 0) is 0 Å². The standard InChI is InChI=1S/C8H4F9Ge.3C3H8N.Zr/c9-6(10,11)18(7(12,13)14,8(15,16)17)5-3-1-2-4-5;3*1-3(2)4;/h1,3H,2H2;3*3-4H,1-2H3;/q;3*-1;+3. The topological polar surface area (TPSA) is 36.1 Å². The Morgan fingerprint density at radius 3 is 1.29 bits per heavy atom. The Morgan fingerprint density at radius 2 is 1.03 bits per heavy atom. The second-order valence-corrected chi connectivity index (χ2v) is 23.5. The molecule has 3 nitrogen and oxygen atoms in total. The normalized spacial score (nSPS) is 17.1. The van der Waals surface area contributed by atoms with Crippen LogP contribution in [-0.2, 0) is 21.1 Å². The molecule has 14 heteroatoms. The molecule has 3 N–H and O–H groups in total. The van der Waals surface area contributed by atoms with Crippen molar-refractivity contribution in [2.45, 2.75) is 81.1 Å². The van der Waals surface area contributed by atoms with Crippen molar-refractivity contribution in [1.29, 1.82) is 0 Å². The third-order valence-corrected chi connectivity index (χ3v) is 24.7. The van der Waals surface area contributed by atoms with E-state index in [0.717, 1.165) is 6.08 Å². The zero-order chi connectivity index (χ0) is 24.6. The summed E-state index contributed by atoms with van der Waals surface area (Å²) < 4.78 is 132. The van der Waals surface area contributed by atoms with E-state index >= 15 is 0 Å². The minimum atomic E-state index is -8.79. The molecule has 1 rings (SSSR count). The Kier molecular flexibility index (Phi) is 9.22. The van der Waals surface area contributed by atoms with E-state index in [0.29, 0.717) is 6.08 Å². The van der Waals surface area contributed by atoms with Crippen LogP contribution in [0.4, 0.5) is 39.5 Å². The van der Waals surface area contributed by atoms with Crippen LogP contribution in [0.2, 0.25) is 0 Å². The average Bonchev–Trinajstić information content (AvgIpc) is 2.89. The fourth-order valence-electron chi connectivity index (χ4n) is 3.84. The summed E-state index contributed by atoms with van der Waals surface area (Å²) in [6.45, 7) is 9.86. The van der Waals surface area contributed by atoms with Gasteiger partial charge in [0, 0.05) is 0 Å². The Bertz CT molecular complexity index is 632. The summed E-state index contributed by atoms with van der Waals surface area (Å²) in [4.78, 5) is 0. The van der Waals surface area contributed by atoms with Crippen molar-refractivity contribution < 1.29 is 60.7 Å². The van der Waals surface area contributed by atoms with E-state index in [1.165, 1.54) is 0 Å². The summed E-state index contributed by atoms with van der Waals surface area (Å²) in [5, 5.41) is -19.4. The molecule has 0 bridgehead atoms. The fraction of sp³-hybridized carbons (Fsp3) is 0.765.